The third-order valence-electron chi connectivity index (χ3n) is 23.8. The summed E-state index contributed by atoms with van der Waals surface area (Å²) in [6.45, 7) is 1.10. The Hall–Kier alpha value is -2.22. The van der Waals surface area contributed by atoms with Crippen LogP contribution in [0.1, 0.15) is 271 Å². The van der Waals surface area contributed by atoms with E-state index in [1.807, 2.05) is 6.92 Å². The highest BCUT2D eigenvalue weighted by atomic mass is 16.8. The number of unbranched alkanes of at least 4 members (excludes halogenated alkanes) is 26. The van der Waals surface area contributed by atoms with Crippen molar-refractivity contribution in [2.45, 2.75) is 461 Å². The predicted molar refractivity (Wildman–Crippen MR) is 417 cm³/mol. The monoisotopic (exact) mass is 1680 g/mol. The molecule has 6 heterocycles. The smallest absolute Gasteiger partial charge is 0.308 e. The summed E-state index contributed by atoms with van der Waals surface area (Å²) in [5.74, 6) is -1.54. The molecule has 116 heavy (non-hydrogen) atoms. The molecule has 2 unspecified atom stereocenters. The summed E-state index contributed by atoms with van der Waals surface area (Å²) in [7, 11) is 4.22. The van der Waals surface area contributed by atoms with E-state index in [4.69, 9.17) is 71.1 Å². The number of carbonyl (C=O) groups is 2. The molecule has 6 fully saturated rings. The predicted octanol–water partition coefficient (Wildman–Crippen LogP) is 3.99. The fraction of sp³-hybridized carbons (Fsp3) is 0.976. The fourth-order valence-electron chi connectivity index (χ4n) is 16.5. The Labute approximate surface area is 686 Å². The van der Waals surface area contributed by atoms with Crippen LogP contribution in [0.3, 0.4) is 0 Å². The van der Waals surface area contributed by atoms with E-state index in [1.165, 1.54) is 21.3 Å². The number of hydrogen-bond donors (Lipinski definition) is 16. The first kappa shape index (κ1) is 103. The Morgan fingerprint density at radius 1 is 0.319 bits per heavy atom. The second-order valence-corrected chi connectivity index (χ2v) is 33.3. The van der Waals surface area contributed by atoms with E-state index in [-0.39, 0.29) is 37.3 Å². The summed E-state index contributed by atoms with van der Waals surface area (Å²) in [5.41, 5.74) is 0. The van der Waals surface area contributed by atoms with Gasteiger partial charge in [0, 0.05) is 21.3 Å². The topological polar surface area (TPSA) is 496 Å². The summed E-state index contributed by atoms with van der Waals surface area (Å²) in [5, 5.41) is 169. The Bertz CT molecular complexity index is 2520. The maximum absolute atomic E-state index is 13.6. The van der Waals surface area contributed by atoms with Crippen molar-refractivity contribution in [3.8, 4) is 0 Å². The average Bonchev–Trinajstić information content (AvgIpc) is 0.833. The van der Waals surface area contributed by atoms with Gasteiger partial charge in [0.1, 0.15) is 135 Å². The maximum atomic E-state index is 13.6. The number of cyclic esters (lactones) is 2. The Kier molecular flexibility index (Phi) is 50.7. The molecule has 6 aliphatic heterocycles. The van der Waals surface area contributed by atoms with E-state index in [0.29, 0.717) is 38.5 Å². The van der Waals surface area contributed by atoms with Crippen LogP contribution in [0.5, 0.6) is 0 Å². The summed E-state index contributed by atoms with van der Waals surface area (Å²) in [6.07, 6.45) is -3.24. The zero-order chi connectivity index (χ0) is 84.5. The number of aliphatic hydroxyl groups excluding tert-OH is 16. The fourth-order valence-corrected chi connectivity index (χ4v) is 16.5. The standard InChI is InChI=1S/C83H152O33/c1-51(87)36-28-26-34-40-53(108-82-77(103-4)72(98)65(91)58(47-85)113-82)38-30-22-19-15-12-9-13-17-21-25-33-43-56-45-63(89)106-50-60-67(93)69(95)74(100)79(115-60)110-55(44-62(88)105-49-61-68(94)70(96)75(101)80(111-56)116-61)42-32-24-20-16-11-8-6-7-10-14-18-23-31-39-54(109-83-78(104-5)73(99)66(92)59(48-86)114-83)41-35-27-29-37-52(2)107-81-76(102-3)71(97)64(90)57(46-84)112-81/h51-61,64-87,90-101H,6-50H2,1-5H3/t51-,52-,53+,54+,55?,56?,57-,58-,59-,60-,61-,64-,65-,66-,67-,68-,69+,70+,71+,72+,73+,74-,75-,76-,77-,78-,79-,80-,81-,82-,83-/m1/s1. The first-order valence-electron chi connectivity index (χ1n) is 44.0. The normalized spacial score (nSPS) is 35.6. The van der Waals surface area contributed by atoms with Crippen LogP contribution in [-0.2, 0) is 80.6 Å². The van der Waals surface area contributed by atoms with Crippen molar-refractivity contribution < 1.29 is 162 Å². The minimum Gasteiger partial charge on any atom is -0.463 e. The molecule has 6 saturated heterocycles. The van der Waals surface area contributed by atoms with E-state index in [0.717, 1.165) is 205 Å². The number of aliphatic hydroxyl groups is 16. The molecule has 0 aliphatic carbocycles. The van der Waals surface area contributed by atoms with Crippen LogP contribution < -0.4 is 0 Å². The van der Waals surface area contributed by atoms with Gasteiger partial charge in [-0.3, -0.25) is 9.59 Å². The van der Waals surface area contributed by atoms with E-state index in [1.54, 1.807) is 6.92 Å². The van der Waals surface area contributed by atoms with Crippen LogP contribution in [0.4, 0.5) is 0 Å². The van der Waals surface area contributed by atoms with Crippen LogP contribution in [-0.4, -0.2) is 338 Å². The van der Waals surface area contributed by atoms with Gasteiger partial charge in [-0.25, -0.2) is 0 Å². The van der Waals surface area contributed by atoms with Crippen LogP contribution in [0.25, 0.3) is 0 Å². The van der Waals surface area contributed by atoms with Crippen LogP contribution >= 0.6 is 0 Å². The van der Waals surface area contributed by atoms with Gasteiger partial charge in [-0.2, -0.15) is 0 Å². The summed E-state index contributed by atoms with van der Waals surface area (Å²) in [4.78, 5) is 27.2. The highest BCUT2D eigenvalue weighted by Gasteiger charge is 2.51. The number of fused-ring (bicyclic) bond motifs is 4. The highest BCUT2D eigenvalue weighted by Crippen LogP contribution is 2.34. The van der Waals surface area contributed by atoms with E-state index >= 15 is 0 Å². The first-order valence-corrected chi connectivity index (χ1v) is 44.0. The van der Waals surface area contributed by atoms with Gasteiger partial charge < -0.3 is 153 Å². The van der Waals surface area contributed by atoms with E-state index in [2.05, 4.69) is 0 Å². The van der Waals surface area contributed by atoms with Crippen molar-refractivity contribution in [1.29, 1.82) is 0 Å². The second-order valence-electron chi connectivity index (χ2n) is 33.3. The summed E-state index contributed by atoms with van der Waals surface area (Å²) in [6, 6.07) is 0. The largest absolute Gasteiger partial charge is 0.463 e. The summed E-state index contributed by atoms with van der Waals surface area (Å²) >= 11 is 0. The Balaban J connectivity index is 0.871. The van der Waals surface area contributed by atoms with Crippen molar-refractivity contribution in [2.75, 3.05) is 54.4 Å². The van der Waals surface area contributed by atoms with Crippen LogP contribution in [0, 0.1) is 0 Å². The second kappa shape index (κ2) is 57.3. The van der Waals surface area contributed by atoms with Crippen molar-refractivity contribution in [3.05, 3.63) is 0 Å². The van der Waals surface area contributed by atoms with Gasteiger partial charge >= 0.3 is 11.9 Å². The van der Waals surface area contributed by atoms with Crippen molar-refractivity contribution in [2.24, 2.45) is 0 Å². The molecule has 4 bridgehead atoms. The first-order chi connectivity index (χ1) is 55.9. The molecule has 0 aromatic carbocycles. The molecule has 6 aliphatic rings. The molecule has 0 radical (unpaired) electrons. The van der Waals surface area contributed by atoms with Gasteiger partial charge in [0.05, 0.1) is 69.3 Å². The molecule has 682 valence electrons. The number of methoxy groups -OCH3 is 3. The maximum Gasteiger partial charge on any atom is 0.308 e. The minimum atomic E-state index is -1.77. The van der Waals surface area contributed by atoms with Crippen LogP contribution in [0.15, 0.2) is 0 Å². The number of esters is 2. The zero-order valence-electron chi connectivity index (χ0n) is 69.8. The van der Waals surface area contributed by atoms with Gasteiger partial charge in [0.25, 0.3) is 0 Å². The Morgan fingerprint density at radius 3 is 0.897 bits per heavy atom. The minimum absolute atomic E-state index is 0.187. The van der Waals surface area contributed by atoms with Gasteiger partial charge in [0.2, 0.25) is 0 Å². The molecule has 0 amide bonds. The molecule has 16 N–H and O–H groups in total. The number of ether oxygens (including phenoxy) is 15. The lowest BCUT2D eigenvalue weighted by molar-refractivity contribution is -0.316. The molecule has 6 rings (SSSR count). The van der Waals surface area contributed by atoms with Crippen molar-refractivity contribution in [1.82, 2.24) is 0 Å². The molecule has 0 aromatic rings. The van der Waals surface area contributed by atoms with Crippen molar-refractivity contribution in [3.63, 3.8) is 0 Å². The van der Waals surface area contributed by atoms with E-state index < -0.39 is 211 Å². The zero-order valence-corrected chi connectivity index (χ0v) is 69.8. The third-order valence-corrected chi connectivity index (χ3v) is 23.8. The van der Waals surface area contributed by atoms with Gasteiger partial charge in [-0.15, -0.1) is 0 Å². The number of carbonyl (C=O) groups excluding carboxylic acids is 2. The molecule has 31 atom stereocenters. The average molecular weight is 1680 g/mol. The molecular weight excluding hydrogens is 1520 g/mol. The van der Waals surface area contributed by atoms with Crippen LogP contribution in [0.2, 0.25) is 0 Å². The summed E-state index contributed by atoms with van der Waals surface area (Å²) < 4.78 is 88.3. The molecule has 33 heteroatoms. The molecular formula is C83H152O33. The molecule has 33 nitrogen and oxygen atoms in total. The van der Waals surface area contributed by atoms with Gasteiger partial charge in [-0.1, -0.05) is 193 Å². The number of hydrogen-bond acceptors (Lipinski definition) is 33. The lowest BCUT2D eigenvalue weighted by Gasteiger charge is -2.42. The lowest BCUT2D eigenvalue weighted by Crippen LogP contribution is -2.60. The van der Waals surface area contributed by atoms with Crippen molar-refractivity contribution >= 4 is 11.9 Å². The molecule has 0 spiro atoms. The highest BCUT2D eigenvalue weighted by molar-refractivity contribution is 5.70. The Morgan fingerprint density at radius 2 is 0.595 bits per heavy atom. The van der Waals surface area contributed by atoms with Gasteiger partial charge in [0.15, 0.2) is 31.5 Å². The molecule has 0 aromatic heterocycles. The lowest BCUT2D eigenvalue weighted by atomic mass is 9.98. The number of rotatable bonds is 54. The van der Waals surface area contributed by atoms with Gasteiger partial charge in [-0.05, 0) is 65.2 Å². The third kappa shape index (κ3) is 35.1. The quantitative estimate of drug-likeness (QED) is 0.0302. The molecule has 0 saturated carbocycles. The SMILES string of the molecule is CO[C@H]1[C@H](O[C@@H](CCCCCCCCCCCCCCCC2CC(=O)OC[C@H]3O[C@@H](OC(CCCCCCCCCCCCC[C@@H](CCCCC[C@@H](C)O)O[C@@H]4O[C@H](CO)[C@@H](O)[C@H](O)[C@H]4OC)CC(=O)OC[C@H]4O[C@@H](O2)[C@H](O)[C@@H](O)[C@@H]4O)[C@H](O)[C@@H](O)[C@@H]3O)CCCCC[C@@H](C)O[C@@H]2O[C@H](CO)[C@@H](O)[C@H](O)[C@H]2OC)O[C@H](CO)[C@@H](O)[C@@H]1O. The van der Waals surface area contributed by atoms with E-state index in [9.17, 15) is 91.3 Å².